The van der Waals surface area contributed by atoms with Crippen LogP contribution >= 0.6 is 0 Å². The van der Waals surface area contributed by atoms with Crippen molar-refractivity contribution in [1.29, 1.82) is 0 Å². The lowest BCUT2D eigenvalue weighted by molar-refractivity contribution is -0.0431. The number of ether oxygens (including phenoxy) is 2. The van der Waals surface area contributed by atoms with E-state index in [1.165, 1.54) is 19.2 Å². The van der Waals surface area contributed by atoms with Crippen LogP contribution in [0.3, 0.4) is 0 Å². The number of rotatable bonds is 2. The van der Waals surface area contributed by atoms with Crippen molar-refractivity contribution in [3.8, 4) is 11.5 Å². The zero-order valence-electron chi connectivity index (χ0n) is 12.4. The number of aromatic nitrogens is 2. The first-order valence-electron chi connectivity index (χ1n) is 6.72. The van der Waals surface area contributed by atoms with Crippen LogP contribution in [-0.2, 0) is 7.05 Å². The highest BCUT2D eigenvalue weighted by atomic mass is 16.7. The first-order valence-corrected chi connectivity index (χ1v) is 6.72. The van der Waals surface area contributed by atoms with Gasteiger partial charge in [-0.15, -0.1) is 0 Å². The van der Waals surface area contributed by atoms with Crippen molar-refractivity contribution in [2.24, 2.45) is 7.05 Å². The molecule has 2 heterocycles. The van der Waals surface area contributed by atoms with Crippen molar-refractivity contribution >= 4 is 11.6 Å². The molecule has 1 amide bonds. The van der Waals surface area contributed by atoms with Gasteiger partial charge in [-0.05, 0) is 18.2 Å². The highest BCUT2D eigenvalue weighted by Gasteiger charge is 2.31. The first-order chi connectivity index (χ1) is 10.3. The predicted molar refractivity (Wildman–Crippen MR) is 79.2 cm³/mol. The van der Waals surface area contributed by atoms with E-state index in [0.29, 0.717) is 17.2 Å². The molecule has 0 unspecified atom stereocenters. The van der Waals surface area contributed by atoms with Gasteiger partial charge in [0.15, 0.2) is 11.5 Å². The summed E-state index contributed by atoms with van der Waals surface area (Å²) in [6.07, 6.45) is 0. The maximum Gasteiger partial charge on any atom is 0.276 e. The molecule has 7 nitrogen and oxygen atoms in total. The summed E-state index contributed by atoms with van der Waals surface area (Å²) in [6, 6.07) is 7.80. The molecule has 0 saturated heterocycles. The van der Waals surface area contributed by atoms with Crippen LogP contribution in [0.2, 0.25) is 0 Å². The number of benzene rings is 1. The van der Waals surface area contributed by atoms with Gasteiger partial charge in [-0.25, -0.2) is 4.68 Å². The standard InChI is InChI=1S/C15H15N3O4/c1-15(2)21-11-6-4-9(8-12(11)22-15)16-14(20)10-5-7-13(19)18(3)17-10/h4-8H,1-3H3,(H,16,20). The number of nitrogens with one attached hydrogen (secondary N) is 1. The van der Waals surface area contributed by atoms with Gasteiger partial charge in [0.05, 0.1) is 0 Å². The molecular weight excluding hydrogens is 286 g/mol. The average Bonchev–Trinajstić information content (AvgIpc) is 2.75. The summed E-state index contributed by atoms with van der Waals surface area (Å²) in [4.78, 5) is 23.4. The number of amides is 1. The molecule has 3 rings (SSSR count). The second-order valence-corrected chi connectivity index (χ2v) is 5.40. The Kier molecular flexibility index (Phi) is 3.13. The Morgan fingerprint density at radius 1 is 1.18 bits per heavy atom. The lowest BCUT2D eigenvalue weighted by Gasteiger charge is -2.16. The molecule has 0 fully saturated rings. The molecule has 1 aromatic heterocycles. The molecule has 0 bridgehead atoms. The number of anilines is 1. The van der Waals surface area contributed by atoms with Gasteiger partial charge in [-0.2, -0.15) is 5.10 Å². The van der Waals surface area contributed by atoms with Gasteiger partial charge >= 0.3 is 0 Å². The molecule has 22 heavy (non-hydrogen) atoms. The molecule has 0 atom stereocenters. The summed E-state index contributed by atoms with van der Waals surface area (Å²) in [6.45, 7) is 3.61. The third-order valence-corrected chi connectivity index (χ3v) is 3.11. The van der Waals surface area contributed by atoms with E-state index in [0.717, 1.165) is 4.68 Å². The molecule has 1 aliphatic heterocycles. The van der Waals surface area contributed by atoms with Crippen molar-refractivity contribution < 1.29 is 14.3 Å². The number of nitrogens with zero attached hydrogens (tertiary/aromatic N) is 2. The number of hydrogen-bond acceptors (Lipinski definition) is 5. The van der Waals surface area contributed by atoms with Gasteiger partial charge in [0.2, 0.25) is 5.79 Å². The number of carbonyl (C=O) groups excluding carboxylic acids is 1. The third-order valence-electron chi connectivity index (χ3n) is 3.11. The smallest absolute Gasteiger partial charge is 0.276 e. The number of carbonyl (C=O) groups is 1. The fourth-order valence-corrected chi connectivity index (χ4v) is 2.12. The van der Waals surface area contributed by atoms with Gasteiger partial charge in [0, 0.05) is 38.7 Å². The molecule has 1 N–H and O–H groups in total. The van der Waals surface area contributed by atoms with Gasteiger partial charge in [-0.3, -0.25) is 9.59 Å². The van der Waals surface area contributed by atoms with Crippen molar-refractivity contribution in [1.82, 2.24) is 9.78 Å². The van der Waals surface area contributed by atoms with Crippen molar-refractivity contribution in [2.45, 2.75) is 19.6 Å². The minimum atomic E-state index is -0.718. The van der Waals surface area contributed by atoms with E-state index in [4.69, 9.17) is 9.47 Å². The van der Waals surface area contributed by atoms with E-state index in [-0.39, 0.29) is 11.3 Å². The van der Waals surface area contributed by atoms with Crippen LogP contribution in [0.5, 0.6) is 11.5 Å². The van der Waals surface area contributed by atoms with E-state index in [9.17, 15) is 9.59 Å². The minimum absolute atomic E-state index is 0.153. The normalized spacial score (nSPS) is 14.7. The molecule has 0 radical (unpaired) electrons. The SMILES string of the molecule is Cn1nc(C(=O)Nc2ccc3c(c2)OC(C)(C)O3)ccc1=O. The molecule has 1 aliphatic rings. The van der Waals surface area contributed by atoms with Gasteiger partial charge in [0.1, 0.15) is 5.69 Å². The fourth-order valence-electron chi connectivity index (χ4n) is 2.12. The Morgan fingerprint density at radius 2 is 1.91 bits per heavy atom. The maximum atomic E-state index is 12.1. The second kappa shape index (κ2) is 4.87. The third kappa shape index (κ3) is 2.65. The second-order valence-electron chi connectivity index (χ2n) is 5.40. The molecule has 1 aromatic carbocycles. The monoisotopic (exact) mass is 301 g/mol. The van der Waals surface area contributed by atoms with Crippen LogP contribution in [-0.4, -0.2) is 21.5 Å². The Morgan fingerprint density at radius 3 is 2.64 bits per heavy atom. The lowest BCUT2D eigenvalue weighted by Crippen LogP contribution is -2.29. The Hall–Kier alpha value is -2.83. The summed E-state index contributed by atoms with van der Waals surface area (Å²) >= 11 is 0. The summed E-state index contributed by atoms with van der Waals surface area (Å²) in [5.74, 6) is 0.0673. The van der Waals surface area contributed by atoms with E-state index >= 15 is 0 Å². The molecule has 0 spiro atoms. The van der Waals surface area contributed by atoms with Gasteiger partial charge < -0.3 is 14.8 Å². The predicted octanol–water partition coefficient (Wildman–Crippen LogP) is 1.54. The maximum absolute atomic E-state index is 12.1. The van der Waals surface area contributed by atoms with Crippen LogP contribution in [0.1, 0.15) is 24.3 Å². The van der Waals surface area contributed by atoms with E-state index in [1.807, 2.05) is 0 Å². The highest BCUT2D eigenvalue weighted by Crippen LogP contribution is 2.40. The van der Waals surface area contributed by atoms with E-state index in [2.05, 4.69) is 10.4 Å². The summed E-state index contributed by atoms with van der Waals surface area (Å²) in [7, 11) is 1.49. The van der Waals surface area contributed by atoms with E-state index < -0.39 is 11.7 Å². The van der Waals surface area contributed by atoms with Gasteiger partial charge in [-0.1, -0.05) is 0 Å². The summed E-state index contributed by atoms with van der Waals surface area (Å²) in [5.41, 5.74) is 0.433. The number of hydrogen-bond donors (Lipinski definition) is 1. The van der Waals surface area contributed by atoms with Gasteiger partial charge in [0.25, 0.3) is 11.5 Å². The average molecular weight is 301 g/mol. The van der Waals surface area contributed by atoms with Crippen LogP contribution < -0.4 is 20.3 Å². The van der Waals surface area contributed by atoms with Crippen LogP contribution in [0, 0.1) is 0 Å². The largest absolute Gasteiger partial charge is 0.449 e. The summed E-state index contributed by atoms with van der Waals surface area (Å²) < 4.78 is 12.3. The quantitative estimate of drug-likeness (QED) is 0.909. The first kappa shape index (κ1) is 14.1. The zero-order chi connectivity index (χ0) is 15.9. The fraction of sp³-hybridized carbons (Fsp3) is 0.267. The molecule has 114 valence electrons. The molecule has 0 saturated carbocycles. The van der Waals surface area contributed by atoms with Crippen LogP contribution in [0.15, 0.2) is 35.1 Å². The van der Waals surface area contributed by atoms with Crippen LogP contribution in [0.4, 0.5) is 5.69 Å². The summed E-state index contributed by atoms with van der Waals surface area (Å²) in [5, 5.41) is 6.61. The molecule has 2 aromatic rings. The molecular formula is C15H15N3O4. The van der Waals surface area contributed by atoms with Crippen molar-refractivity contribution in [3.63, 3.8) is 0 Å². The minimum Gasteiger partial charge on any atom is -0.449 e. The number of fused-ring (bicyclic) bond motifs is 1. The lowest BCUT2D eigenvalue weighted by atomic mass is 10.2. The van der Waals surface area contributed by atoms with E-state index in [1.54, 1.807) is 32.0 Å². The highest BCUT2D eigenvalue weighted by molar-refractivity contribution is 6.02. The molecule has 0 aliphatic carbocycles. The Balaban J connectivity index is 1.81. The molecule has 7 heteroatoms. The Labute approximate surface area is 126 Å². The zero-order valence-corrected chi connectivity index (χ0v) is 12.4. The van der Waals surface area contributed by atoms with Crippen molar-refractivity contribution in [3.05, 3.63) is 46.4 Å². The van der Waals surface area contributed by atoms with Crippen molar-refractivity contribution in [2.75, 3.05) is 5.32 Å². The Bertz CT molecular complexity index is 811. The number of aryl methyl sites for hydroxylation is 1. The van der Waals surface area contributed by atoms with Crippen LogP contribution in [0.25, 0.3) is 0 Å². The topological polar surface area (TPSA) is 82.5 Å².